The number of piperidine rings is 1. The molecule has 0 aliphatic carbocycles. The molecule has 0 aromatic carbocycles. The minimum atomic E-state index is -0.113. The zero-order chi connectivity index (χ0) is 16.3. The zero-order valence-electron chi connectivity index (χ0n) is 13.9. The maximum atomic E-state index is 12.4. The van der Waals surface area contributed by atoms with E-state index in [4.69, 9.17) is 9.47 Å². The second-order valence-electron chi connectivity index (χ2n) is 6.77. The van der Waals surface area contributed by atoms with Gasteiger partial charge in [-0.05, 0) is 33.0 Å². The van der Waals surface area contributed by atoms with Gasteiger partial charge in [0.25, 0.3) is 0 Å². The van der Waals surface area contributed by atoms with Crippen LogP contribution in [0.25, 0.3) is 0 Å². The molecule has 3 rings (SSSR count). The molecule has 2 saturated heterocycles. The second-order valence-corrected chi connectivity index (χ2v) is 6.77. The molecule has 0 radical (unpaired) electrons. The first-order valence-corrected chi connectivity index (χ1v) is 8.17. The quantitative estimate of drug-likeness (QED) is 0.811. The lowest BCUT2D eigenvalue weighted by Gasteiger charge is -2.43. The lowest BCUT2D eigenvalue weighted by Crippen LogP contribution is -2.55. The summed E-state index contributed by atoms with van der Waals surface area (Å²) in [6.07, 6.45) is 3.71. The molecule has 1 amide bonds. The molecule has 1 aromatic heterocycles. The Kier molecular flexibility index (Phi) is 4.82. The van der Waals surface area contributed by atoms with Crippen LogP contribution in [0.15, 0.2) is 24.4 Å². The van der Waals surface area contributed by atoms with Crippen LogP contribution in [0, 0.1) is 5.41 Å². The van der Waals surface area contributed by atoms with Crippen LogP contribution in [0.4, 0.5) is 0 Å². The number of rotatable bonds is 5. The summed E-state index contributed by atoms with van der Waals surface area (Å²) in [6, 6.07) is 5.64. The van der Waals surface area contributed by atoms with Gasteiger partial charge in [-0.15, -0.1) is 0 Å². The van der Waals surface area contributed by atoms with Crippen LogP contribution < -0.4 is 4.74 Å². The highest BCUT2D eigenvalue weighted by Gasteiger charge is 2.49. The van der Waals surface area contributed by atoms with Gasteiger partial charge in [-0.3, -0.25) is 4.79 Å². The first-order chi connectivity index (χ1) is 11.1. The Labute approximate surface area is 137 Å². The summed E-state index contributed by atoms with van der Waals surface area (Å²) < 4.78 is 11.8. The number of carbonyl (C=O) groups is 1. The van der Waals surface area contributed by atoms with Crippen molar-refractivity contribution >= 4 is 5.91 Å². The summed E-state index contributed by atoms with van der Waals surface area (Å²) in [5.41, 5.74) is -0.113. The van der Waals surface area contributed by atoms with Gasteiger partial charge < -0.3 is 19.3 Å². The molecule has 2 aliphatic rings. The van der Waals surface area contributed by atoms with Gasteiger partial charge >= 0.3 is 0 Å². The van der Waals surface area contributed by atoms with Crippen LogP contribution in [0.3, 0.4) is 0 Å². The highest BCUT2D eigenvalue weighted by molar-refractivity contribution is 5.78. The second kappa shape index (κ2) is 6.84. The van der Waals surface area contributed by atoms with Crippen molar-refractivity contribution in [1.82, 2.24) is 14.8 Å². The average molecular weight is 319 g/mol. The molecule has 0 unspecified atom stereocenters. The number of ether oxygens (including phenoxy) is 2. The van der Waals surface area contributed by atoms with E-state index in [-0.39, 0.29) is 17.4 Å². The van der Waals surface area contributed by atoms with Gasteiger partial charge in [0, 0.05) is 32.0 Å². The molecular weight excluding hydrogens is 294 g/mol. The third-order valence-corrected chi connectivity index (χ3v) is 4.72. The van der Waals surface area contributed by atoms with E-state index in [0.717, 1.165) is 26.0 Å². The molecule has 0 saturated carbocycles. The summed E-state index contributed by atoms with van der Waals surface area (Å²) in [5.74, 6) is 0.807. The third kappa shape index (κ3) is 3.64. The number of aromatic nitrogens is 1. The van der Waals surface area contributed by atoms with Gasteiger partial charge in [0.05, 0.1) is 24.7 Å². The highest BCUT2D eigenvalue weighted by Crippen LogP contribution is 2.41. The standard InChI is InChI=1S/C17H25N3O3/c1-19(2)11-16(21)20-9-6-14-17(12-20,7-10-22-14)13-23-15-5-3-4-8-18-15/h3-5,8,14H,6-7,9-13H2,1-2H3/t14-,17+/m0/s1. The van der Waals surface area contributed by atoms with Gasteiger partial charge in [-0.1, -0.05) is 6.07 Å². The number of fused-ring (bicyclic) bond motifs is 1. The van der Waals surface area contributed by atoms with Crippen molar-refractivity contribution in [2.45, 2.75) is 18.9 Å². The molecule has 0 bridgehead atoms. The lowest BCUT2D eigenvalue weighted by atomic mass is 9.77. The maximum absolute atomic E-state index is 12.4. The van der Waals surface area contributed by atoms with Crippen molar-refractivity contribution in [3.8, 4) is 5.88 Å². The van der Waals surface area contributed by atoms with Crippen molar-refractivity contribution in [3.63, 3.8) is 0 Å². The fourth-order valence-electron chi connectivity index (χ4n) is 3.49. The Bertz CT molecular complexity index is 537. The summed E-state index contributed by atoms with van der Waals surface area (Å²) in [5, 5.41) is 0. The van der Waals surface area contributed by atoms with Gasteiger partial charge in [0.15, 0.2) is 0 Å². The summed E-state index contributed by atoms with van der Waals surface area (Å²) >= 11 is 0. The Balaban J connectivity index is 1.67. The molecule has 6 heteroatoms. The van der Waals surface area contributed by atoms with Gasteiger partial charge in [-0.25, -0.2) is 4.98 Å². The van der Waals surface area contributed by atoms with Crippen LogP contribution in [0.5, 0.6) is 5.88 Å². The molecule has 2 atom stereocenters. The minimum Gasteiger partial charge on any atom is -0.477 e. The highest BCUT2D eigenvalue weighted by atomic mass is 16.5. The number of hydrogen-bond acceptors (Lipinski definition) is 5. The van der Waals surface area contributed by atoms with E-state index in [9.17, 15) is 4.79 Å². The van der Waals surface area contributed by atoms with Crippen LogP contribution in [-0.2, 0) is 9.53 Å². The first-order valence-electron chi connectivity index (χ1n) is 8.17. The Hall–Kier alpha value is -1.66. The monoisotopic (exact) mass is 319 g/mol. The van der Waals surface area contributed by atoms with E-state index in [1.165, 1.54) is 0 Å². The fourth-order valence-corrected chi connectivity index (χ4v) is 3.49. The van der Waals surface area contributed by atoms with Crippen LogP contribution in [0.2, 0.25) is 0 Å². The number of carbonyl (C=O) groups excluding carboxylic acids is 1. The van der Waals surface area contributed by atoms with E-state index in [0.29, 0.717) is 25.6 Å². The van der Waals surface area contributed by atoms with Crippen molar-refractivity contribution in [3.05, 3.63) is 24.4 Å². The van der Waals surface area contributed by atoms with E-state index in [2.05, 4.69) is 4.98 Å². The van der Waals surface area contributed by atoms with Crippen molar-refractivity contribution < 1.29 is 14.3 Å². The molecule has 23 heavy (non-hydrogen) atoms. The van der Waals surface area contributed by atoms with Crippen molar-refractivity contribution in [1.29, 1.82) is 0 Å². The normalized spacial score (nSPS) is 27.1. The smallest absolute Gasteiger partial charge is 0.236 e. The fraction of sp³-hybridized carbons (Fsp3) is 0.647. The van der Waals surface area contributed by atoms with Crippen molar-refractivity contribution in [2.75, 3.05) is 46.9 Å². The molecule has 1 aromatic rings. The maximum Gasteiger partial charge on any atom is 0.236 e. The van der Waals surface area contributed by atoms with E-state index in [1.807, 2.05) is 42.1 Å². The van der Waals surface area contributed by atoms with Crippen LogP contribution >= 0.6 is 0 Å². The number of likely N-dealkylation sites (N-methyl/N-ethyl adjacent to an activating group) is 1. The minimum absolute atomic E-state index is 0.113. The SMILES string of the molecule is CN(C)CC(=O)N1CC[C@@H]2OCC[C@]2(COc2ccccn2)C1. The first kappa shape index (κ1) is 16.2. The number of likely N-dealkylation sites (tertiary alicyclic amines) is 1. The topological polar surface area (TPSA) is 54.9 Å². The van der Waals surface area contributed by atoms with E-state index < -0.39 is 0 Å². The Morgan fingerprint density at radius 3 is 3.13 bits per heavy atom. The lowest BCUT2D eigenvalue weighted by molar-refractivity contribution is -0.138. The number of hydrogen-bond donors (Lipinski definition) is 0. The van der Waals surface area contributed by atoms with Gasteiger partial charge in [0.2, 0.25) is 11.8 Å². The summed E-state index contributed by atoms with van der Waals surface area (Å²) in [4.78, 5) is 20.5. The van der Waals surface area contributed by atoms with Gasteiger partial charge in [-0.2, -0.15) is 0 Å². The molecule has 6 nitrogen and oxygen atoms in total. The van der Waals surface area contributed by atoms with E-state index in [1.54, 1.807) is 6.20 Å². The molecule has 2 aliphatic heterocycles. The largest absolute Gasteiger partial charge is 0.477 e. The number of nitrogens with zero attached hydrogens (tertiary/aromatic N) is 3. The molecular formula is C17H25N3O3. The molecule has 3 heterocycles. The molecule has 0 N–H and O–H groups in total. The number of amides is 1. The Morgan fingerprint density at radius 1 is 1.52 bits per heavy atom. The third-order valence-electron chi connectivity index (χ3n) is 4.72. The van der Waals surface area contributed by atoms with E-state index >= 15 is 0 Å². The summed E-state index contributed by atoms with van der Waals surface area (Å²) in [6.45, 7) is 3.20. The predicted molar refractivity (Wildman–Crippen MR) is 86.3 cm³/mol. The zero-order valence-corrected chi connectivity index (χ0v) is 13.9. The number of pyridine rings is 1. The molecule has 126 valence electrons. The van der Waals surface area contributed by atoms with Crippen LogP contribution in [-0.4, -0.2) is 73.7 Å². The molecule has 0 spiro atoms. The average Bonchev–Trinajstić information content (AvgIpc) is 2.96. The van der Waals surface area contributed by atoms with Crippen molar-refractivity contribution in [2.24, 2.45) is 5.41 Å². The predicted octanol–water partition coefficient (Wildman–Crippen LogP) is 1.03. The summed E-state index contributed by atoms with van der Waals surface area (Å²) in [7, 11) is 3.84. The van der Waals surface area contributed by atoms with Gasteiger partial charge in [0.1, 0.15) is 0 Å². The molecule has 2 fully saturated rings. The van der Waals surface area contributed by atoms with Crippen LogP contribution in [0.1, 0.15) is 12.8 Å². The Morgan fingerprint density at radius 2 is 2.39 bits per heavy atom.